The van der Waals surface area contributed by atoms with Crippen LogP contribution in [0.4, 0.5) is 5.69 Å². The van der Waals surface area contributed by atoms with E-state index in [1.165, 1.54) is 0 Å². The van der Waals surface area contributed by atoms with Crippen molar-refractivity contribution in [2.75, 3.05) is 19.0 Å². The first-order chi connectivity index (χ1) is 7.59. The molecule has 1 aromatic carbocycles. The van der Waals surface area contributed by atoms with Gasteiger partial charge in [-0.05, 0) is 12.1 Å². The molecule has 0 aliphatic carbocycles. The molecule has 2 rings (SSSR count). The molecule has 0 aliphatic heterocycles. The summed E-state index contributed by atoms with van der Waals surface area (Å²) in [6, 6.07) is 9.10. The maximum absolute atomic E-state index is 10.9. The molecule has 2 aromatic rings. The highest BCUT2D eigenvalue weighted by molar-refractivity contribution is 5.97. The number of pyridine rings is 1. The molecule has 1 aromatic heterocycles. The van der Waals surface area contributed by atoms with E-state index in [2.05, 4.69) is 4.98 Å². The summed E-state index contributed by atoms with van der Waals surface area (Å²) in [5, 5.41) is 9.93. The van der Waals surface area contributed by atoms with Crippen molar-refractivity contribution in [2.45, 2.75) is 0 Å². The minimum atomic E-state index is -1.01. The summed E-state index contributed by atoms with van der Waals surface area (Å²) in [6.45, 7) is 0. The average Bonchev–Trinajstić information content (AvgIpc) is 2.27. The summed E-state index contributed by atoms with van der Waals surface area (Å²) in [6.07, 6.45) is 0. The molecule has 4 nitrogen and oxygen atoms in total. The molecule has 0 fully saturated rings. The van der Waals surface area contributed by atoms with Crippen molar-refractivity contribution >= 4 is 22.6 Å². The van der Waals surface area contributed by atoms with Crippen molar-refractivity contribution in [3.63, 3.8) is 0 Å². The number of carboxylic acid groups (broad SMARTS) is 1. The quantitative estimate of drug-likeness (QED) is 0.834. The Balaban J connectivity index is 2.78. The number of rotatable bonds is 2. The van der Waals surface area contributed by atoms with Crippen LogP contribution in [0.1, 0.15) is 10.5 Å². The van der Waals surface area contributed by atoms with E-state index in [0.717, 1.165) is 11.1 Å². The number of fused-ring (bicyclic) bond motifs is 1. The van der Waals surface area contributed by atoms with E-state index in [-0.39, 0.29) is 5.69 Å². The van der Waals surface area contributed by atoms with E-state index >= 15 is 0 Å². The summed E-state index contributed by atoms with van der Waals surface area (Å²) in [4.78, 5) is 16.9. The number of benzene rings is 1. The van der Waals surface area contributed by atoms with Crippen LogP contribution in [-0.2, 0) is 0 Å². The third kappa shape index (κ3) is 1.69. The van der Waals surface area contributed by atoms with Gasteiger partial charge in [0, 0.05) is 25.2 Å². The van der Waals surface area contributed by atoms with Crippen LogP contribution in [0.3, 0.4) is 0 Å². The van der Waals surface area contributed by atoms with Crippen LogP contribution in [0.25, 0.3) is 10.9 Å². The number of aromatic nitrogens is 1. The molecule has 0 amide bonds. The second kappa shape index (κ2) is 3.81. The van der Waals surface area contributed by atoms with Crippen LogP contribution < -0.4 is 4.90 Å². The zero-order valence-corrected chi connectivity index (χ0v) is 9.14. The van der Waals surface area contributed by atoms with Gasteiger partial charge in [0.1, 0.15) is 0 Å². The topological polar surface area (TPSA) is 53.4 Å². The van der Waals surface area contributed by atoms with E-state index in [0.29, 0.717) is 5.52 Å². The molecule has 0 bridgehead atoms. The van der Waals surface area contributed by atoms with E-state index in [9.17, 15) is 4.79 Å². The molecule has 0 spiro atoms. The van der Waals surface area contributed by atoms with Crippen LogP contribution in [0.5, 0.6) is 0 Å². The summed E-state index contributed by atoms with van der Waals surface area (Å²) >= 11 is 0. The first kappa shape index (κ1) is 10.4. The molecule has 0 atom stereocenters. The van der Waals surface area contributed by atoms with Crippen LogP contribution >= 0.6 is 0 Å². The van der Waals surface area contributed by atoms with Gasteiger partial charge in [0.25, 0.3) is 0 Å². The average molecular weight is 216 g/mol. The van der Waals surface area contributed by atoms with Gasteiger partial charge in [-0.1, -0.05) is 18.2 Å². The van der Waals surface area contributed by atoms with E-state index < -0.39 is 5.97 Å². The lowest BCUT2D eigenvalue weighted by atomic mass is 10.1. The fraction of sp³-hybridized carbons (Fsp3) is 0.167. The molecule has 0 saturated heterocycles. The van der Waals surface area contributed by atoms with Gasteiger partial charge < -0.3 is 10.0 Å². The number of anilines is 1. The second-order valence-electron chi connectivity index (χ2n) is 3.74. The summed E-state index contributed by atoms with van der Waals surface area (Å²) in [5.74, 6) is -1.01. The van der Waals surface area contributed by atoms with Crippen molar-refractivity contribution in [3.05, 3.63) is 36.0 Å². The molecule has 1 heterocycles. The van der Waals surface area contributed by atoms with Gasteiger partial charge in [-0.25, -0.2) is 9.78 Å². The molecular formula is C12H12N2O2. The normalized spacial score (nSPS) is 10.4. The number of para-hydroxylation sites is 1. The molecule has 0 aliphatic rings. The molecule has 16 heavy (non-hydrogen) atoms. The number of carboxylic acids is 1. The monoisotopic (exact) mass is 216 g/mol. The fourth-order valence-corrected chi connectivity index (χ4v) is 1.64. The Labute approximate surface area is 93.1 Å². The van der Waals surface area contributed by atoms with Crippen molar-refractivity contribution in [2.24, 2.45) is 0 Å². The van der Waals surface area contributed by atoms with Crippen LogP contribution in [0.15, 0.2) is 30.3 Å². The van der Waals surface area contributed by atoms with Crippen LogP contribution in [0, 0.1) is 0 Å². The summed E-state index contributed by atoms with van der Waals surface area (Å²) < 4.78 is 0. The Morgan fingerprint density at radius 3 is 2.62 bits per heavy atom. The van der Waals surface area contributed by atoms with Gasteiger partial charge >= 0.3 is 5.97 Å². The smallest absolute Gasteiger partial charge is 0.354 e. The standard InChI is InChI=1S/C12H12N2O2/c1-14(2)11-7-10(12(15)16)13-9-6-4-3-5-8(9)11/h3-7H,1-2H3,(H,15,16). The van der Waals surface area contributed by atoms with E-state index in [1.807, 2.05) is 43.3 Å². The highest BCUT2D eigenvalue weighted by atomic mass is 16.4. The number of carbonyl (C=O) groups is 1. The second-order valence-corrected chi connectivity index (χ2v) is 3.74. The first-order valence-electron chi connectivity index (χ1n) is 4.90. The molecule has 4 heteroatoms. The highest BCUT2D eigenvalue weighted by Gasteiger charge is 2.11. The van der Waals surface area contributed by atoms with Crippen molar-refractivity contribution < 1.29 is 9.90 Å². The first-order valence-corrected chi connectivity index (χ1v) is 4.90. The molecule has 1 N–H and O–H groups in total. The zero-order valence-electron chi connectivity index (χ0n) is 9.14. The van der Waals surface area contributed by atoms with E-state index in [4.69, 9.17) is 5.11 Å². The largest absolute Gasteiger partial charge is 0.477 e. The Kier molecular flexibility index (Phi) is 2.48. The third-order valence-electron chi connectivity index (χ3n) is 2.40. The van der Waals surface area contributed by atoms with E-state index in [1.54, 1.807) is 6.07 Å². The minimum absolute atomic E-state index is 0.0717. The van der Waals surface area contributed by atoms with Crippen LogP contribution in [-0.4, -0.2) is 30.2 Å². The van der Waals surface area contributed by atoms with Gasteiger partial charge in [0.2, 0.25) is 0 Å². The number of hydrogen-bond acceptors (Lipinski definition) is 3. The predicted octanol–water partition coefficient (Wildman–Crippen LogP) is 2.00. The Morgan fingerprint density at radius 2 is 2.00 bits per heavy atom. The number of nitrogens with zero attached hydrogens (tertiary/aromatic N) is 2. The number of aromatic carboxylic acids is 1. The minimum Gasteiger partial charge on any atom is -0.477 e. The molecule has 82 valence electrons. The van der Waals surface area contributed by atoms with Gasteiger partial charge in [0.05, 0.1) is 5.52 Å². The van der Waals surface area contributed by atoms with Crippen molar-refractivity contribution in [3.8, 4) is 0 Å². The van der Waals surface area contributed by atoms with Gasteiger partial charge in [-0.15, -0.1) is 0 Å². The SMILES string of the molecule is CN(C)c1cc(C(=O)O)nc2ccccc12. The Bertz CT molecular complexity index is 550. The maximum atomic E-state index is 10.9. The lowest BCUT2D eigenvalue weighted by molar-refractivity contribution is 0.0691. The third-order valence-corrected chi connectivity index (χ3v) is 2.40. The summed E-state index contributed by atoms with van der Waals surface area (Å²) in [7, 11) is 3.76. The van der Waals surface area contributed by atoms with Crippen LogP contribution in [0.2, 0.25) is 0 Å². The Hall–Kier alpha value is -2.10. The lowest BCUT2D eigenvalue weighted by Gasteiger charge is -2.15. The van der Waals surface area contributed by atoms with Gasteiger partial charge in [-0.3, -0.25) is 0 Å². The predicted molar refractivity (Wildman–Crippen MR) is 63.0 cm³/mol. The van der Waals surface area contributed by atoms with Crippen molar-refractivity contribution in [1.29, 1.82) is 0 Å². The lowest BCUT2D eigenvalue weighted by Crippen LogP contribution is -2.11. The maximum Gasteiger partial charge on any atom is 0.354 e. The van der Waals surface area contributed by atoms with Gasteiger partial charge in [-0.2, -0.15) is 0 Å². The molecule has 0 unspecified atom stereocenters. The van der Waals surface area contributed by atoms with Gasteiger partial charge in [0.15, 0.2) is 5.69 Å². The number of hydrogen-bond donors (Lipinski definition) is 1. The molecule has 0 radical (unpaired) electrons. The Morgan fingerprint density at radius 1 is 1.31 bits per heavy atom. The molecule has 0 saturated carbocycles. The highest BCUT2D eigenvalue weighted by Crippen LogP contribution is 2.24. The molecular weight excluding hydrogens is 204 g/mol. The summed E-state index contributed by atoms with van der Waals surface area (Å²) in [5.41, 5.74) is 1.64. The van der Waals surface area contributed by atoms with Crippen molar-refractivity contribution in [1.82, 2.24) is 4.98 Å². The fourth-order valence-electron chi connectivity index (χ4n) is 1.64. The zero-order chi connectivity index (χ0) is 11.7.